The van der Waals surface area contributed by atoms with Gasteiger partial charge >= 0.3 is 0 Å². The van der Waals surface area contributed by atoms with Crippen molar-refractivity contribution in [1.82, 2.24) is 4.90 Å². The van der Waals surface area contributed by atoms with Crippen molar-refractivity contribution >= 4 is 5.91 Å². The molecule has 21 heavy (non-hydrogen) atoms. The molecule has 0 spiro atoms. The first-order valence-electron chi connectivity index (χ1n) is 7.72. The van der Waals surface area contributed by atoms with Crippen molar-refractivity contribution in [2.75, 3.05) is 26.2 Å². The summed E-state index contributed by atoms with van der Waals surface area (Å²) >= 11 is 0. The van der Waals surface area contributed by atoms with E-state index in [2.05, 4.69) is 0 Å². The average molecular weight is 290 g/mol. The van der Waals surface area contributed by atoms with Gasteiger partial charge in [0.2, 0.25) is 5.91 Å². The largest absolute Gasteiger partial charge is 0.377 e. The Morgan fingerprint density at radius 3 is 2.48 bits per heavy atom. The minimum Gasteiger partial charge on any atom is -0.377 e. The number of nitrogens with zero attached hydrogens (tertiary/aromatic N) is 1. The summed E-state index contributed by atoms with van der Waals surface area (Å²) in [6.45, 7) is 6.70. The third-order valence-corrected chi connectivity index (χ3v) is 4.23. The topological polar surface area (TPSA) is 55.6 Å². The number of rotatable bonds is 5. The van der Waals surface area contributed by atoms with Crippen LogP contribution >= 0.6 is 0 Å². The van der Waals surface area contributed by atoms with Crippen LogP contribution in [0.1, 0.15) is 32.3 Å². The maximum atomic E-state index is 12.8. The van der Waals surface area contributed by atoms with Crippen molar-refractivity contribution in [3.05, 3.63) is 35.9 Å². The molecule has 1 aliphatic rings. The first-order chi connectivity index (χ1) is 10.1. The van der Waals surface area contributed by atoms with E-state index in [4.69, 9.17) is 10.5 Å². The third-order valence-electron chi connectivity index (χ3n) is 4.23. The van der Waals surface area contributed by atoms with Crippen molar-refractivity contribution in [3.63, 3.8) is 0 Å². The molecule has 1 aromatic carbocycles. The Morgan fingerprint density at radius 2 is 1.90 bits per heavy atom. The molecule has 0 atom stereocenters. The van der Waals surface area contributed by atoms with E-state index in [1.807, 2.05) is 49.1 Å². The van der Waals surface area contributed by atoms with Crippen LogP contribution in [0.3, 0.4) is 0 Å². The molecule has 4 heteroatoms. The van der Waals surface area contributed by atoms with Crippen molar-refractivity contribution in [2.45, 2.75) is 38.2 Å². The lowest BCUT2D eigenvalue weighted by Gasteiger charge is -2.37. The highest BCUT2D eigenvalue weighted by Crippen LogP contribution is 2.27. The first-order valence-corrected chi connectivity index (χ1v) is 7.72. The number of carbonyl (C=O) groups excluding carboxylic acids is 1. The molecule has 0 bridgehead atoms. The van der Waals surface area contributed by atoms with Crippen LogP contribution < -0.4 is 5.73 Å². The molecule has 0 aliphatic carbocycles. The van der Waals surface area contributed by atoms with Crippen molar-refractivity contribution in [3.8, 4) is 0 Å². The van der Waals surface area contributed by atoms with Crippen molar-refractivity contribution < 1.29 is 9.53 Å². The summed E-state index contributed by atoms with van der Waals surface area (Å²) in [7, 11) is 0. The van der Waals surface area contributed by atoms with Gasteiger partial charge in [-0.3, -0.25) is 4.79 Å². The Morgan fingerprint density at radius 1 is 1.29 bits per heavy atom. The van der Waals surface area contributed by atoms with Crippen LogP contribution in [0.5, 0.6) is 0 Å². The number of likely N-dealkylation sites (tertiary alicyclic amines) is 1. The maximum absolute atomic E-state index is 12.8. The normalized spacial score (nSPS) is 17.0. The highest BCUT2D eigenvalue weighted by atomic mass is 16.5. The predicted molar refractivity (Wildman–Crippen MR) is 84.1 cm³/mol. The van der Waals surface area contributed by atoms with Crippen LogP contribution in [0.15, 0.2) is 30.3 Å². The highest BCUT2D eigenvalue weighted by Gasteiger charge is 2.35. The monoisotopic (exact) mass is 290 g/mol. The Bertz CT molecular complexity index is 451. The number of nitrogens with two attached hydrogens (primary N) is 1. The van der Waals surface area contributed by atoms with Gasteiger partial charge in [0.05, 0.1) is 18.1 Å². The van der Waals surface area contributed by atoms with Gasteiger partial charge in [0.1, 0.15) is 0 Å². The number of hydrogen-bond acceptors (Lipinski definition) is 3. The zero-order chi connectivity index (χ0) is 15.3. The van der Waals surface area contributed by atoms with E-state index in [0.29, 0.717) is 13.2 Å². The Balaban J connectivity index is 1.95. The molecule has 1 fully saturated rings. The summed E-state index contributed by atoms with van der Waals surface area (Å²) in [6.07, 6.45) is 2.05. The molecule has 2 rings (SSSR count). The molecule has 2 N–H and O–H groups in total. The molecule has 4 nitrogen and oxygen atoms in total. The number of ether oxygens (including phenoxy) is 1. The van der Waals surface area contributed by atoms with E-state index >= 15 is 0 Å². The van der Waals surface area contributed by atoms with Crippen LogP contribution in [0.4, 0.5) is 0 Å². The van der Waals surface area contributed by atoms with Crippen molar-refractivity contribution in [2.24, 2.45) is 5.73 Å². The first kappa shape index (κ1) is 16.0. The van der Waals surface area contributed by atoms with Gasteiger partial charge in [0.15, 0.2) is 0 Å². The SMILES string of the molecule is CC(C)(C(=O)N1CCC(OCCN)CC1)c1ccccc1. The van der Waals surface area contributed by atoms with Crippen LogP contribution in [0.25, 0.3) is 0 Å². The van der Waals surface area contributed by atoms with Gasteiger partial charge in [-0.1, -0.05) is 30.3 Å². The lowest BCUT2D eigenvalue weighted by Crippen LogP contribution is -2.48. The lowest BCUT2D eigenvalue weighted by atomic mass is 9.82. The molecule has 0 aromatic heterocycles. The van der Waals surface area contributed by atoms with Crippen LogP contribution in [0.2, 0.25) is 0 Å². The molecule has 0 radical (unpaired) electrons. The van der Waals surface area contributed by atoms with E-state index < -0.39 is 5.41 Å². The standard InChI is InChI=1S/C17H26N2O2/c1-17(2,14-6-4-3-5-7-14)16(20)19-11-8-15(9-12-19)21-13-10-18/h3-7,15H,8-13,18H2,1-2H3. The number of amides is 1. The third kappa shape index (κ3) is 3.83. The lowest BCUT2D eigenvalue weighted by molar-refractivity contribution is -0.138. The van der Waals surface area contributed by atoms with E-state index in [1.165, 1.54) is 0 Å². The molecule has 1 saturated heterocycles. The van der Waals surface area contributed by atoms with Crippen LogP contribution in [-0.2, 0) is 14.9 Å². The summed E-state index contributed by atoms with van der Waals surface area (Å²) in [6, 6.07) is 9.99. The molecule has 0 unspecified atom stereocenters. The number of benzene rings is 1. The van der Waals surface area contributed by atoms with Crippen molar-refractivity contribution in [1.29, 1.82) is 0 Å². The van der Waals surface area contributed by atoms with Gasteiger partial charge in [0, 0.05) is 19.6 Å². The van der Waals surface area contributed by atoms with E-state index in [1.54, 1.807) is 0 Å². The molecule has 0 saturated carbocycles. The second-order valence-corrected chi connectivity index (χ2v) is 6.14. The van der Waals surface area contributed by atoms with Gasteiger partial charge < -0.3 is 15.4 Å². The van der Waals surface area contributed by atoms with Crippen LogP contribution in [-0.4, -0.2) is 43.2 Å². The van der Waals surface area contributed by atoms with E-state index in [-0.39, 0.29) is 12.0 Å². The number of carbonyl (C=O) groups is 1. The predicted octanol–water partition coefficient (Wildman–Crippen LogP) is 1.93. The minimum absolute atomic E-state index is 0.200. The maximum Gasteiger partial charge on any atom is 0.232 e. The summed E-state index contributed by atoms with van der Waals surface area (Å²) in [5.74, 6) is 0.200. The molecule has 1 aliphatic heterocycles. The zero-order valence-electron chi connectivity index (χ0n) is 13.0. The second kappa shape index (κ2) is 7.05. The molecule has 1 heterocycles. The fourth-order valence-corrected chi connectivity index (χ4v) is 2.83. The second-order valence-electron chi connectivity index (χ2n) is 6.14. The smallest absolute Gasteiger partial charge is 0.232 e. The Hall–Kier alpha value is -1.39. The van der Waals surface area contributed by atoms with Gasteiger partial charge in [-0.2, -0.15) is 0 Å². The minimum atomic E-state index is -0.480. The summed E-state index contributed by atoms with van der Waals surface area (Å²) < 4.78 is 5.67. The van der Waals surface area contributed by atoms with E-state index in [0.717, 1.165) is 31.5 Å². The highest BCUT2D eigenvalue weighted by molar-refractivity contribution is 5.87. The number of hydrogen-bond donors (Lipinski definition) is 1. The van der Waals surface area contributed by atoms with Gasteiger partial charge in [-0.05, 0) is 32.3 Å². The Kier molecular flexibility index (Phi) is 5.37. The number of piperidine rings is 1. The average Bonchev–Trinajstić information content (AvgIpc) is 2.53. The Labute approximate surface area is 127 Å². The summed E-state index contributed by atoms with van der Waals surface area (Å²) in [5.41, 5.74) is 6.04. The summed E-state index contributed by atoms with van der Waals surface area (Å²) in [4.78, 5) is 14.8. The molecular weight excluding hydrogens is 264 g/mol. The zero-order valence-corrected chi connectivity index (χ0v) is 13.0. The van der Waals surface area contributed by atoms with E-state index in [9.17, 15) is 4.79 Å². The molecule has 1 amide bonds. The molecule has 1 aromatic rings. The summed E-state index contributed by atoms with van der Waals surface area (Å²) in [5, 5.41) is 0. The molecule has 116 valence electrons. The fourth-order valence-electron chi connectivity index (χ4n) is 2.83. The van der Waals surface area contributed by atoms with Gasteiger partial charge in [-0.25, -0.2) is 0 Å². The quantitative estimate of drug-likeness (QED) is 0.901. The van der Waals surface area contributed by atoms with Gasteiger partial charge in [-0.15, -0.1) is 0 Å². The molecular formula is C17H26N2O2. The fraction of sp³-hybridized carbons (Fsp3) is 0.588. The van der Waals surface area contributed by atoms with Crippen LogP contribution in [0, 0.1) is 0 Å². The van der Waals surface area contributed by atoms with Gasteiger partial charge in [0.25, 0.3) is 0 Å².